The first-order valence-corrected chi connectivity index (χ1v) is 12.1. The highest BCUT2D eigenvalue weighted by Gasteiger charge is 2.32. The van der Waals surface area contributed by atoms with Gasteiger partial charge in [-0.25, -0.2) is 8.42 Å². The van der Waals surface area contributed by atoms with Crippen LogP contribution in [-0.4, -0.2) is 69.5 Å². The largest absolute Gasteiger partial charge is 0.383 e. The van der Waals surface area contributed by atoms with Crippen LogP contribution in [0, 0.1) is 0 Å². The van der Waals surface area contributed by atoms with Crippen molar-refractivity contribution in [3.05, 3.63) is 70.7 Å². The third-order valence-electron chi connectivity index (χ3n) is 4.79. The average Bonchev–Trinajstić information content (AvgIpc) is 2.75. The van der Waals surface area contributed by atoms with Crippen LogP contribution >= 0.6 is 11.6 Å². The fourth-order valence-corrected chi connectivity index (χ4v) is 3.46. The molecule has 1 atom stereocenters. The molecule has 32 heavy (non-hydrogen) atoms. The molecule has 1 N–H and O–H groups in total. The lowest BCUT2D eigenvalue weighted by atomic mass is 10.0. The van der Waals surface area contributed by atoms with Gasteiger partial charge in [-0.15, -0.1) is 0 Å². The summed E-state index contributed by atoms with van der Waals surface area (Å²) in [6.45, 7) is 0.270. The van der Waals surface area contributed by atoms with Crippen molar-refractivity contribution in [3.8, 4) is 0 Å². The summed E-state index contributed by atoms with van der Waals surface area (Å²) in [6, 6.07) is 14.8. The summed E-state index contributed by atoms with van der Waals surface area (Å²) in [5.41, 5.74) is 1.35. The molecule has 0 radical (unpaired) electrons. The van der Waals surface area contributed by atoms with Gasteiger partial charge < -0.3 is 15.0 Å². The lowest BCUT2D eigenvalue weighted by molar-refractivity contribution is -0.141. The number of nitrogens with one attached hydrogen (secondary N) is 1. The maximum atomic E-state index is 13.3. The minimum atomic E-state index is -3.59. The molecule has 0 spiro atoms. The number of ether oxygens (including phenoxy) is 1. The van der Waals surface area contributed by atoms with Crippen molar-refractivity contribution in [2.75, 3.05) is 40.1 Å². The highest BCUT2D eigenvalue weighted by atomic mass is 35.5. The number of carbonyl (C=O) groups excluding carboxylic acids is 2. The number of rotatable bonds is 11. The normalized spacial score (nSPS) is 12.4. The molecule has 8 nitrogen and oxygen atoms in total. The molecule has 1 unspecified atom stereocenters. The quantitative estimate of drug-likeness (QED) is 0.495. The van der Waals surface area contributed by atoms with Gasteiger partial charge in [0, 0.05) is 32.3 Å². The number of benzene rings is 2. The highest BCUT2D eigenvalue weighted by Crippen LogP contribution is 2.25. The Morgan fingerprint density at radius 1 is 1.09 bits per heavy atom. The molecule has 0 aromatic heterocycles. The summed E-state index contributed by atoms with van der Waals surface area (Å²) in [4.78, 5) is 27.9. The van der Waals surface area contributed by atoms with E-state index in [2.05, 4.69) is 5.32 Å². The van der Waals surface area contributed by atoms with E-state index in [4.69, 9.17) is 16.3 Å². The van der Waals surface area contributed by atoms with Crippen LogP contribution in [0.5, 0.6) is 0 Å². The van der Waals surface area contributed by atoms with Gasteiger partial charge in [0.05, 0.1) is 19.4 Å². The van der Waals surface area contributed by atoms with Crippen molar-refractivity contribution in [3.63, 3.8) is 0 Å². The minimum absolute atomic E-state index is 0.0882. The molecule has 2 amide bonds. The van der Waals surface area contributed by atoms with Gasteiger partial charge in [0.2, 0.25) is 21.8 Å². The van der Waals surface area contributed by atoms with Crippen molar-refractivity contribution in [2.24, 2.45) is 0 Å². The van der Waals surface area contributed by atoms with Crippen LogP contribution in [0.25, 0.3) is 0 Å². The van der Waals surface area contributed by atoms with Gasteiger partial charge in [-0.2, -0.15) is 4.31 Å². The molecule has 0 saturated carbocycles. The Bertz CT molecular complexity index is 1000. The molecule has 0 aliphatic carbocycles. The number of hydrogen-bond donors (Lipinski definition) is 1. The van der Waals surface area contributed by atoms with Crippen molar-refractivity contribution in [1.82, 2.24) is 14.5 Å². The number of nitrogens with zero attached hydrogens (tertiary/aromatic N) is 2. The zero-order valence-electron chi connectivity index (χ0n) is 18.3. The predicted molar refractivity (Wildman–Crippen MR) is 124 cm³/mol. The van der Waals surface area contributed by atoms with E-state index in [9.17, 15) is 18.0 Å². The zero-order chi connectivity index (χ0) is 23.7. The van der Waals surface area contributed by atoms with Crippen LogP contribution < -0.4 is 5.32 Å². The van der Waals surface area contributed by atoms with Gasteiger partial charge in [0.25, 0.3) is 0 Å². The number of sulfonamides is 1. The molecule has 174 valence electrons. The van der Waals surface area contributed by atoms with Gasteiger partial charge in [0.1, 0.15) is 6.04 Å². The smallest absolute Gasteiger partial charge is 0.247 e. The maximum absolute atomic E-state index is 13.3. The zero-order valence-corrected chi connectivity index (χ0v) is 19.9. The Hall–Kier alpha value is -2.46. The lowest BCUT2D eigenvalue weighted by Gasteiger charge is -2.32. The summed E-state index contributed by atoms with van der Waals surface area (Å²) in [5.74, 6) is -0.902. The molecule has 2 aromatic rings. The Labute approximate surface area is 194 Å². The fraction of sp³-hybridized carbons (Fsp3) is 0.364. The van der Waals surface area contributed by atoms with Crippen molar-refractivity contribution < 1.29 is 22.7 Å². The number of methoxy groups -OCH3 is 1. The lowest BCUT2D eigenvalue weighted by Crippen LogP contribution is -2.47. The second-order valence-electron chi connectivity index (χ2n) is 7.26. The fourth-order valence-electron chi connectivity index (χ4n) is 2.99. The van der Waals surface area contributed by atoms with Crippen LogP contribution in [-0.2, 0) is 30.9 Å². The monoisotopic (exact) mass is 481 g/mol. The highest BCUT2D eigenvalue weighted by molar-refractivity contribution is 7.88. The van der Waals surface area contributed by atoms with Gasteiger partial charge in [-0.1, -0.05) is 54.1 Å². The van der Waals surface area contributed by atoms with Crippen molar-refractivity contribution in [2.45, 2.75) is 12.6 Å². The summed E-state index contributed by atoms with van der Waals surface area (Å²) in [7, 11) is -0.737. The first kappa shape index (κ1) is 25.8. The Kier molecular flexibility index (Phi) is 9.64. The van der Waals surface area contributed by atoms with E-state index in [1.807, 2.05) is 6.07 Å². The van der Waals surface area contributed by atoms with Crippen molar-refractivity contribution in [1.29, 1.82) is 0 Å². The minimum Gasteiger partial charge on any atom is -0.383 e. The van der Waals surface area contributed by atoms with Crippen LogP contribution in [0.2, 0.25) is 5.02 Å². The van der Waals surface area contributed by atoms with Gasteiger partial charge in [-0.3, -0.25) is 9.59 Å². The summed E-state index contributed by atoms with van der Waals surface area (Å²) >= 11 is 5.98. The number of halogens is 1. The second kappa shape index (κ2) is 12.0. The van der Waals surface area contributed by atoms with E-state index in [0.717, 1.165) is 16.1 Å². The second-order valence-corrected chi connectivity index (χ2v) is 9.79. The Morgan fingerprint density at radius 2 is 1.72 bits per heavy atom. The topological polar surface area (TPSA) is 96.0 Å². The predicted octanol–water partition coefficient (Wildman–Crippen LogP) is 2.06. The average molecular weight is 482 g/mol. The number of amides is 2. The molecular weight excluding hydrogens is 454 g/mol. The first-order chi connectivity index (χ1) is 15.1. The summed E-state index contributed by atoms with van der Waals surface area (Å²) in [6.07, 6.45) is 1.02. The SMILES string of the molecule is COCCNC(=O)C(c1ccccc1)N(Cc1ccc(Cl)cc1)C(=O)CN(C)S(C)(=O)=O. The third-order valence-corrected chi connectivity index (χ3v) is 6.30. The summed E-state index contributed by atoms with van der Waals surface area (Å²) in [5, 5.41) is 3.33. The van der Waals surface area contributed by atoms with Crippen LogP contribution in [0.4, 0.5) is 0 Å². The molecule has 0 aliphatic rings. The molecule has 10 heteroatoms. The van der Waals surface area contributed by atoms with E-state index in [1.165, 1.54) is 19.1 Å². The van der Waals surface area contributed by atoms with E-state index in [-0.39, 0.29) is 13.1 Å². The van der Waals surface area contributed by atoms with Gasteiger partial charge in [0.15, 0.2) is 0 Å². The molecule has 2 aromatic carbocycles. The van der Waals surface area contributed by atoms with E-state index in [1.54, 1.807) is 48.5 Å². The molecule has 0 fully saturated rings. The van der Waals surface area contributed by atoms with Crippen LogP contribution in [0.1, 0.15) is 17.2 Å². The van der Waals surface area contributed by atoms with E-state index >= 15 is 0 Å². The van der Waals surface area contributed by atoms with E-state index < -0.39 is 34.4 Å². The number of likely N-dealkylation sites (N-methyl/N-ethyl adjacent to an activating group) is 1. The maximum Gasteiger partial charge on any atom is 0.247 e. The molecular formula is C22H28ClN3O5S. The third kappa shape index (κ3) is 7.59. The number of carbonyl (C=O) groups is 2. The number of hydrogen-bond acceptors (Lipinski definition) is 5. The Balaban J connectivity index is 2.45. The standard InChI is InChI=1S/C22H28ClN3O5S/c1-25(32(3,29)30)16-20(27)26(15-17-9-11-19(23)12-10-17)21(18-7-5-4-6-8-18)22(28)24-13-14-31-2/h4-12,21H,13-16H2,1-3H3,(H,24,28). The Morgan fingerprint density at radius 3 is 2.28 bits per heavy atom. The van der Waals surface area contributed by atoms with Gasteiger partial charge >= 0.3 is 0 Å². The van der Waals surface area contributed by atoms with E-state index in [0.29, 0.717) is 17.2 Å². The van der Waals surface area contributed by atoms with Crippen LogP contribution in [0.3, 0.4) is 0 Å². The van der Waals surface area contributed by atoms with Crippen LogP contribution in [0.15, 0.2) is 54.6 Å². The molecule has 0 bridgehead atoms. The molecule has 2 rings (SSSR count). The first-order valence-electron chi connectivity index (χ1n) is 9.90. The summed E-state index contributed by atoms with van der Waals surface area (Å²) < 4.78 is 29.7. The molecule has 0 saturated heterocycles. The van der Waals surface area contributed by atoms with Crippen molar-refractivity contribution >= 4 is 33.4 Å². The molecule has 0 aliphatic heterocycles. The van der Waals surface area contributed by atoms with Gasteiger partial charge in [-0.05, 0) is 23.3 Å². The molecule has 0 heterocycles.